The number of urea groups is 1. The first-order valence-corrected chi connectivity index (χ1v) is 13.9. The second kappa shape index (κ2) is 12.0. The van der Waals surface area contributed by atoms with Crippen LogP contribution in [-0.2, 0) is 6.54 Å². The standard InChI is InChI=1S/C29H27F3N6O2S/c1-19(2)24-5-3-4-6-25(24)37-15-16-41-28(37)35-27(39)33-17-20-7-9-21(10-8-20)26-34-18-38(36-26)22-11-13-23(14-12-22)40-29(30,31)32/h3-14,18-19H,15-17H2,1-2H3,(H,33,39). The smallest absolute Gasteiger partial charge is 0.406 e. The lowest BCUT2D eigenvalue weighted by atomic mass is 10.0. The van der Waals surface area contributed by atoms with Crippen LogP contribution in [0.3, 0.4) is 0 Å². The molecule has 212 valence electrons. The molecule has 0 bridgehead atoms. The van der Waals surface area contributed by atoms with Gasteiger partial charge in [-0.3, -0.25) is 0 Å². The maximum absolute atomic E-state index is 12.7. The van der Waals surface area contributed by atoms with Gasteiger partial charge in [0.15, 0.2) is 11.0 Å². The molecule has 1 fully saturated rings. The highest BCUT2D eigenvalue weighted by Crippen LogP contribution is 2.32. The average molecular weight is 581 g/mol. The molecule has 4 aromatic rings. The Labute approximate surface area is 239 Å². The number of nitrogens with one attached hydrogen (secondary N) is 1. The number of carbonyl (C=O) groups excluding carboxylic acids is 1. The minimum absolute atomic E-state index is 0.303. The molecular formula is C29H27F3N6O2S. The van der Waals surface area contributed by atoms with Crippen molar-refractivity contribution in [1.82, 2.24) is 20.1 Å². The number of thioether (sulfide) groups is 1. The number of aliphatic imine (C=N–C) groups is 1. The second-order valence-electron chi connectivity index (χ2n) is 9.52. The maximum Gasteiger partial charge on any atom is 0.573 e. The number of benzene rings is 3. The molecule has 1 N–H and O–H groups in total. The van der Waals surface area contributed by atoms with E-state index in [0.29, 0.717) is 29.1 Å². The normalized spacial score (nSPS) is 14.6. The van der Waals surface area contributed by atoms with Crippen LogP contribution in [0.5, 0.6) is 5.75 Å². The fourth-order valence-corrected chi connectivity index (χ4v) is 5.28. The van der Waals surface area contributed by atoms with Crippen molar-refractivity contribution in [3.63, 3.8) is 0 Å². The number of anilines is 1. The second-order valence-corrected chi connectivity index (χ2v) is 10.6. The van der Waals surface area contributed by atoms with Crippen LogP contribution in [0, 0.1) is 0 Å². The number of amidine groups is 1. The first kappa shape index (κ1) is 28.2. The zero-order valence-corrected chi connectivity index (χ0v) is 23.1. The topological polar surface area (TPSA) is 84.6 Å². The molecule has 1 aromatic heterocycles. The number of aromatic nitrogens is 3. The molecule has 0 atom stereocenters. The summed E-state index contributed by atoms with van der Waals surface area (Å²) in [6.07, 6.45) is -3.27. The molecule has 0 spiro atoms. The molecular weight excluding hydrogens is 553 g/mol. The van der Waals surface area contributed by atoms with Gasteiger partial charge in [0, 0.05) is 30.1 Å². The van der Waals surface area contributed by atoms with Crippen LogP contribution in [0.2, 0.25) is 0 Å². The minimum Gasteiger partial charge on any atom is -0.406 e. The van der Waals surface area contributed by atoms with Crippen molar-refractivity contribution in [3.8, 4) is 22.8 Å². The Bertz CT molecular complexity index is 1540. The van der Waals surface area contributed by atoms with Crippen molar-refractivity contribution in [2.24, 2.45) is 4.99 Å². The van der Waals surface area contributed by atoms with E-state index in [1.807, 2.05) is 36.4 Å². The first-order valence-electron chi connectivity index (χ1n) is 12.9. The molecule has 1 aliphatic heterocycles. The lowest BCUT2D eigenvalue weighted by Gasteiger charge is -2.23. The number of nitrogens with zero attached hydrogens (tertiary/aromatic N) is 5. The number of hydrogen-bond donors (Lipinski definition) is 1. The number of para-hydroxylation sites is 1. The number of ether oxygens (including phenoxy) is 1. The molecule has 1 aliphatic rings. The van der Waals surface area contributed by atoms with E-state index in [1.165, 1.54) is 40.8 Å². The van der Waals surface area contributed by atoms with Gasteiger partial charge in [0.25, 0.3) is 0 Å². The van der Waals surface area contributed by atoms with Gasteiger partial charge in [-0.25, -0.2) is 14.5 Å². The molecule has 0 saturated carbocycles. The Morgan fingerprint density at radius 2 is 1.80 bits per heavy atom. The summed E-state index contributed by atoms with van der Waals surface area (Å²) in [5.74, 6) is 1.35. The highest BCUT2D eigenvalue weighted by Gasteiger charge is 2.31. The number of amides is 2. The van der Waals surface area contributed by atoms with Crippen molar-refractivity contribution >= 4 is 28.6 Å². The quantitative estimate of drug-likeness (QED) is 0.260. The number of rotatable bonds is 7. The van der Waals surface area contributed by atoms with Crippen LogP contribution < -0.4 is 15.0 Å². The lowest BCUT2D eigenvalue weighted by molar-refractivity contribution is -0.274. The predicted molar refractivity (Wildman–Crippen MR) is 153 cm³/mol. The van der Waals surface area contributed by atoms with E-state index in [2.05, 4.69) is 56.0 Å². The molecule has 0 unspecified atom stereocenters. The summed E-state index contributed by atoms with van der Waals surface area (Å²) in [5.41, 5.74) is 4.46. The molecule has 8 nitrogen and oxygen atoms in total. The molecule has 1 saturated heterocycles. The summed E-state index contributed by atoms with van der Waals surface area (Å²) >= 11 is 1.57. The summed E-state index contributed by atoms with van der Waals surface area (Å²) in [6.45, 7) is 5.40. The van der Waals surface area contributed by atoms with Crippen LogP contribution in [-0.4, -0.2) is 44.6 Å². The van der Waals surface area contributed by atoms with Gasteiger partial charge in [-0.05, 0) is 47.4 Å². The minimum atomic E-state index is -4.75. The lowest BCUT2D eigenvalue weighted by Crippen LogP contribution is -2.28. The predicted octanol–water partition coefficient (Wildman–Crippen LogP) is 6.78. The zero-order chi connectivity index (χ0) is 29.0. The average Bonchev–Trinajstić information content (AvgIpc) is 3.62. The third-order valence-electron chi connectivity index (χ3n) is 6.31. The monoisotopic (exact) mass is 580 g/mol. The van der Waals surface area contributed by atoms with Gasteiger partial charge in [0.1, 0.15) is 12.1 Å². The van der Waals surface area contributed by atoms with Crippen molar-refractivity contribution in [2.75, 3.05) is 17.2 Å². The number of carbonyl (C=O) groups is 1. The molecule has 5 rings (SSSR count). The van der Waals surface area contributed by atoms with Crippen LogP contribution in [0.15, 0.2) is 84.1 Å². The van der Waals surface area contributed by atoms with Crippen molar-refractivity contribution in [3.05, 3.63) is 90.3 Å². The first-order chi connectivity index (χ1) is 19.7. The largest absolute Gasteiger partial charge is 0.573 e. The van der Waals surface area contributed by atoms with Crippen molar-refractivity contribution < 1.29 is 22.7 Å². The van der Waals surface area contributed by atoms with Gasteiger partial charge in [0.2, 0.25) is 0 Å². The molecule has 2 amide bonds. The molecule has 41 heavy (non-hydrogen) atoms. The van der Waals surface area contributed by atoms with Crippen molar-refractivity contribution in [2.45, 2.75) is 32.7 Å². The molecule has 0 aliphatic carbocycles. The van der Waals surface area contributed by atoms with Gasteiger partial charge in [-0.1, -0.05) is 68.1 Å². The summed E-state index contributed by atoms with van der Waals surface area (Å²) in [7, 11) is 0. The molecule has 2 heterocycles. The third kappa shape index (κ3) is 7.07. The highest BCUT2D eigenvalue weighted by atomic mass is 32.2. The van der Waals surface area contributed by atoms with E-state index < -0.39 is 12.4 Å². The Kier molecular flexibility index (Phi) is 8.29. The van der Waals surface area contributed by atoms with E-state index in [0.717, 1.165) is 29.1 Å². The van der Waals surface area contributed by atoms with Gasteiger partial charge >= 0.3 is 12.4 Å². The molecule has 0 radical (unpaired) electrons. The number of halogens is 3. The van der Waals surface area contributed by atoms with Gasteiger partial charge in [-0.2, -0.15) is 4.99 Å². The fourth-order valence-electron chi connectivity index (χ4n) is 4.34. The van der Waals surface area contributed by atoms with E-state index in [4.69, 9.17) is 0 Å². The Balaban J connectivity index is 1.19. The van der Waals surface area contributed by atoms with Crippen LogP contribution in [0.1, 0.15) is 30.9 Å². The Morgan fingerprint density at radius 3 is 2.51 bits per heavy atom. The van der Waals surface area contributed by atoms with E-state index in [1.54, 1.807) is 11.8 Å². The van der Waals surface area contributed by atoms with Crippen LogP contribution >= 0.6 is 11.8 Å². The zero-order valence-electron chi connectivity index (χ0n) is 22.3. The maximum atomic E-state index is 12.7. The summed E-state index contributed by atoms with van der Waals surface area (Å²) < 4.78 is 42.5. The summed E-state index contributed by atoms with van der Waals surface area (Å²) in [5, 5.41) is 7.96. The SMILES string of the molecule is CC(C)c1ccccc1N1CCSC1=NC(=O)NCc1ccc(-c2ncn(-c3ccc(OC(F)(F)F)cc3)n2)cc1. The van der Waals surface area contributed by atoms with Crippen molar-refractivity contribution in [1.29, 1.82) is 0 Å². The summed E-state index contributed by atoms with van der Waals surface area (Å²) in [6, 6.07) is 20.5. The van der Waals surface area contributed by atoms with Gasteiger partial charge in [-0.15, -0.1) is 18.3 Å². The number of hydrogen-bond acceptors (Lipinski definition) is 5. The number of alkyl halides is 3. The van der Waals surface area contributed by atoms with E-state index in [9.17, 15) is 18.0 Å². The van der Waals surface area contributed by atoms with Gasteiger partial charge < -0.3 is 15.0 Å². The summed E-state index contributed by atoms with van der Waals surface area (Å²) in [4.78, 5) is 23.4. The van der Waals surface area contributed by atoms with Gasteiger partial charge in [0.05, 0.1) is 5.69 Å². The Morgan fingerprint density at radius 1 is 1.07 bits per heavy atom. The van der Waals surface area contributed by atoms with Crippen LogP contribution in [0.25, 0.3) is 17.1 Å². The van der Waals surface area contributed by atoms with Crippen LogP contribution in [0.4, 0.5) is 23.7 Å². The fraction of sp³-hybridized carbons (Fsp3) is 0.241. The Hall–Kier alpha value is -4.32. The highest BCUT2D eigenvalue weighted by molar-refractivity contribution is 8.14. The van der Waals surface area contributed by atoms with E-state index >= 15 is 0 Å². The van der Waals surface area contributed by atoms with E-state index in [-0.39, 0.29) is 5.75 Å². The molecule has 12 heteroatoms. The third-order valence-corrected chi connectivity index (χ3v) is 7.26. The molecule has 3 aromatic carbocycles.